The van der Waals surface area contributed by atoms with Gasteiger partial charge in [0.15, 0.2) is 0 Å². The van der Waals surface area contributed by atoms with Gasteiger partial charge in [-0.2, -0.15) is 0 Å². The van der Waals surface area contributed by atoms with E-state index >= 15 is 0 Å². The van der Waals surface area contributed by atoms with Gasteiger partial charge in [0.05, 0.1) is 5.92 Å². The maximum absolute atomic E-state index is 11.7. The second-order valence-electron chi connectivity index (χ2n) is 4.59. The predicted octanol–water partition coefficient (Wildman–Crippen LogP) is 0.0407. The van der Waals surface area contributed by atoms with Gasteiger partial charge in [-0.1, -0.05) is 0 Å². The molecule has 0 saturated carbocycles. The van der Waals surface area contributed by atoms with E-state index in [1.807, 2.05) is 4.90 Å². The molecule has 0 aliphatic carbocycles. The zero-order valence-electron chi connectivity index (χ0n) is 10.7. The Bertz CT molecular complexity index is 497. The molecule has 1 aliphatic heterocycles. The highest BCUT2D eigenvalue weighted by Crippen LogP contribution is 2.20. The van der Waals surface area contributed by atoms with Crippen molar-refractivity contribution >= 4 is 11.7 Å². The van der Waals surface area contributed by atoms with Gasteiger partial charge in [0.1, 0.15) is 11.6 Å². The molecule has 0 bridgehead atoms. The monoisotopic (exact) mass is 250 g/mol. The lowest BCUT2D eigenvalue weighted by molar-refractivity contribution is -0.124. The molecular weight excluding hydrogens is 232 g/mol. The molecule has 1 aromatic heterocycles. The first kappa shape index (κ1) is 12.6. The number of nitrogens with one attached hydrogen (secondary N) is 2. The predicted molar refractivity (Wildman–Crippen MR) is 68.6 cm³/mol. The quantitative estimate of drug-likeness (QED) is 0.777. The number of carbonyl (C=O) groups is 1. The van der Waals surface area contributed by atoms with E-state index in [2.05, 4.69) is 15.3 Å². The first-order valence-corrected chi connectivity index (χ1v) is 6.14. The molecule has 2 N–H and O–H groups in total. The Balaban J connectivity index is 2.17. The van der Waals surface area contributed by atoms with Crippen molar-refractivity contribution in [2.75, 3.05) is 25.0 Å². The maximum atomic E-state index is 11.7. The number of nitrogens with zero attached hydrogens (tertiary/aromatic N) is 2. The zero-order valence-corrected chi connectivity index (χ0v) is 10.7. The van der Waals surface area contributed by atoms with E-state index in [-0.39, 0.29) is 17.4 Å². The van der Waals surface area contributed by atoms with E-state index in [1.54, 1.807) is 14.0 Å². The number of hydrogen-bond donors (Lipinski definition) is 2. The standard InChI is InChI=1S/C12H18N4O2/c1-8-14-10(6-11(17)15-8)16-5-3-4-9(7-16)12(18)13-2/h6,9H,3-5,7H2,1-2H3,(H,13,18)(H,14,15,17). The number of aromatic nitrogens is 2. The second kappa shape index (κ2) is 5.20. The molecule has 0 spiro atoms. The minimum Gasteiger partial charge on any atom is -0.359 e. The van der Waals surface area contributed by atoms with Crippen LogP contribution >= 0.6 is 0 Å². The van der Waals surface area contributed by atoms with Gasteiger partial charge >= 0.3 is 0 Å². The summed E-state index contributed by atoms with van der Waals surface area (Å²) in [6.07, 6.45) is 1.82. The lowest BCUT2D eigenvalue weighted by atomic mass is 9.97. The average molecular weight is 250 g/mol. The Hall–Kier alpha value is -1.85. The molecule has 1 saturated heterocycles. The first-order valence-electron chi connectivity index (χ1n) is 6.14. The molecule has 0 aromatic carbocycles. The van der Waals surface area contributed by atoms with E-state index in [0.717, 1.165) is 19.4 Å². The van der Waals surface area contributed by atoms with Crippen LogP contribution in [0.15, 0.2) is 10.9 Å². The Morgan fingerprint density at radius 2 is 2.39 bits per heavy atom. The Morgan fingerprint density at radius 1 is 1.61 bits per heavy atom. The molecule has 0 radical (unpaired) electrons. The molecule has 6 heteroatoms. The molecule has 1 fully saturated rings. The summed E-state index contributed by atoms with van der Waals surface area (Å²) in [5, 5.41) is 2.68. The van der Waals surface area contributed by atoms with Gasteiger partial charge in [0.2, 0.25) is 5.91 Å². The van der Waals surface area contributed by atoms with Crippen LogP contribution < -0.4 is 15.8 Å². The summed E-state index contributed by atoms with van der Waals surface area (Å²) in [7, 11) is 1.65. The van der Waals surface area contributed by atoms with Crippen LogP contribution in [0.2, 0.25) is 0 Å². The number of carbonyl (C=O) groups excluding carboxylic acids is 1. The number of rotatable bonds is 2. The van der Waals surface area contributed by atoms with Gasteiger partial charge in [-0.3, -0.25) is 9.59 Å². The zero-order chi connectivity index (χ0) is 13.1. The normalized spacial score (nSPS) is 19.7. The van der Waals surface area contributed by atoms with Crippen LogP contribution in [0.4, 0.5) is 5.82 Å². The van der Waals surface area contributed by atoms with Crippen molar-refractivity contribution in [3.8, 4) is 0 Å². The van der Waals surface area contributed by atoms with Crippen molar-refractivity contribution in [2.24, 2.45) is 5.92 Å². The minimum absolute atomic E-state index is 0.0230. The van der Waals surface area contributed by atoms with Crippen molar-refractivity contribution in [3.63, 3.8) is 0 Å². The summed E-state index contributed by atoms with van der Waals surface area (Å²) in [6, 6.07) is 1.49. The number of aryl methyl sites for hydroxylation is 1. The van der Waals surface area contributed by atoms with Crippen LogP contribution in [-0.2, 0) is 4.79 Å². The number of amides is 1. The third kappa shape index (κ3) is 2.69. The maximum Gasteiger partial charge on any atom is 0.252 e. The number of piperidine rings is 1. The van der Waals surface area contributed by atoms with Crippen molar-refractivity contribution < 1.29 is 4.79 Å². The summed E-state index contributed by atoms with van der Waals surface area (Å²) in [6.45, 7) is 3.21. The molecule has 1 atom stereocenters. The van der Waals surface area contributed by atoms with E-state index in [0.29, 0.717) is 18.2 Å². The second-order valence-corrected chi connectivity index (χ2v) is 4.59. The van der Waals surface area contributed by atoms with Crippen LogP contribution in [0.5, 0.6) is 0 Å². The molecule has 98 valence electrons. The van der Waals surface area contributed by atoms with Crippen molar-refractivity contribution in [1.82, 2.24) is 15.3 Å². The highest BCUT2D eigenvalue weighted by atomic mass is 16.1. The van der Waals surface area contributed by atoms with Gasteiger partial charge in [-0.05, 0) is 19.8 Å². The topological polar surface area (TPSA) is 78.1 Å². The Morgan fingerprint density at radius 3 is 3.06 bits per heavy atom. The molecule has 1 unspecified atom stereocenters. The fourth-order valence-corrected chi connectivity index (χ4v) is 2.33. The number of hydrogen-bond acceptors (Lipinski definition) is 4. The smallest absolute Gasteiger partial charge is 0.252 e. The molecule has 2 rings (SSSR count). The van der Waals surface area contributed by atoms with Crippen molar-refractivity contribution in [2.45, 2.75) is 19.8 Å². The van der Waals surface area contributed by atoms with Crippen molar-refractivity contribution in [3.05, 3.63) is 22.2 Å². The first-order chi connectivity index (χ1) is 8.60. The summed E-state index contributed by atoms with van der Waals surface area (Å²) in [4.78, 5) is 32.0. The molecule has 1 aromatic rings. The summed E-state index contributed by atoms with van der Waals surface area (Å²) in [5.41, 5.74) is -0.153. The lowest BCUT2D eigenvalue weighted by Gasteiger charge is -2.32. The molecular formula is C12H18N4O2. The fourth-order valence-electron chi connectivity index (χ4n) is 2.33. The highest BCUT2D eigenvalue weighted by Gasteiger charge is 2.25. The summed E-state index contributed by atoms with van der Waals surface area (Å²) < 4.78 is 0. The fraction of sp³-hybridized carbons (Fsp3) is 0.583. The molecule has 2 heterocycles. The van der Waals surface area contributed by atoms with Crippen molar-refractivity contribution in [1.29, 1.82) is 0 Å². The largest absolute Gasteiger partial charge is 0.359 e. The third-order valence-corrected chi connectivity index (χ3v) is 3.21. The van der Waals surface area contributed by atoms with Gasteiger partial charge in [0.25, 0.3) is 5.56 Å². The number of H-pyrrole nitrogens is 1. The molecule has 1 aliphatic rings. The van der Waals surface area contributed by atoms with E-state index in [9.17, 15) is 9.59 Å². The molecule has 18 heavy (non-hydrogen) atoms. The number of aromatic amines is 1. The summed E-state index contributed by atoms with van der Waals surface area (Å²) >= 11 is 0. The Labute approximate surface area is 105 Å². The minimum atomic E-state index is -0.153. The van der Waals surface area contributed by atoms with Gasteiger partial charge in [-0.25, -0.2) is 4.98 Å². The molecule has 1 amide bonds. The number of anilines is 1. The van der Waals surface area contributed by atoms with Gasteiger partial charge in [0, 0.05) is 26.2 Å². The van der Waals surface area contributed by atoms with E-state index in [1.165, 1.54) is 6.07 Å². The van der Waals surface area contributed by atoms with Crippen LogP contribution in [0.25, 0.3) is 0 Å². The van der Waals surface area contributed by atoms with Gasteiger partial charge < -0.3 is 15.2 Å². The summed E-state index contributed by atoms with van der Waals surface area (Å²) in [5.74, 6) is 1.29. The molecule has 6 nitrogen and oxygen atoms in total. The van der Waals surface area contributed by atoms with Crippen LogP contribution in [-0.4, -0.2) is 36.0 Å². The average Bonchev–Trinajstić information content (AvgIpc) is 2.37. The van der Waals surface area contributed by atoms with Crippen LogP contribution in [0.1, 0.15) is 18.7 Å². The highest BCUT2D eigenvalue weighted by molar-refractivity contribution is 5.79. The van der Waals surface area contributed by atoms with Gasteiger partial charge in [-0.15, -0.1) is 0 Å². The van der Waals surface area contributed by atoms with E-state index in [4.69, 9.17) is 0 Å². The van der Waals surface area contributed by atoms with Crippen LogP contribution in [0.3, 0.4) is 0 Å². The SMILES string of the molecule is CNC(=O)C1CCCN(c2cc(=O)[nH]c(C)n2)C1. The lowest BCUT2D eigenvalue weighted by Crippen LogP contribution is -2.42. The van der Waals surface area contributed by atoms with Crippen LogP contribution in [0, 0.1) is 12.8 Å². The third-order valence-electron chi connectivity index (χ3n) is 3.21. The Kier molecular flexibility index (Phi) is 3.64. The van der Waals surface area contributed by atoms with E-state index < -0.39 is 0 Å².